The molecule has 1 atom stereocenters. The van der Waals surface area contributed by atoms with Crippen LogP contribution in [0.3, 0.4) is 0 Å². The van der Waals surface area contributed by atoms with E-state index in [2.05, 4.69) is 54.2 Å². The molecule has 1 unspecified atom stereocenters. The van der Waals surface area contributed by atoms with E-state index in [-0.39, 0.29) is 6.10 Å². The summed E-state index contributed by atoms with van der Waals surface area (Å²) in [6, 6.07) is 16.9. The Morgan fingerprint density at radius 2 is 1.91 bits per heavy atom. The van der Waals surface area contributed by atoms with Crippen LogP contribution in [0.25, 0.3) is 10.9 Å². The zero-order chi connectivity index (χ0) is 14.9. The Morgan fingerprint density at radius 3 is 2.77 bits per heavy atom. The van der Waals surface area contributed by atoms with Crippen LogP contribution >= 0.6 is 0 Å². The lowest BCUT2D eigenvalue weighted by Crippen LogP contribution is -2.06. The first-order valence-corrected chi connectivity index (χ1v) is 7.66. The third kappa shape index (κ3) is 2.60. The lowest BCUT2D eigenvalue weighted by atomic mass is 10.0. The molecule has 3 nitrogen and oxygen atoms in total. The number of hydrogen-bond acceptors (Lipinski definition) is 2. The summed E-state index contributed by atoms with van der Waals surface area (Å²) in [4.78, 5) is 0. The molecule has 1 aliphatic rings. The van der Waals surface area contributed by atoms with Gasteiger partial charge in [0.15, 0.2) is 0 Å². The van der Waals surface area contributed by atoms with E-state index in [1.807, 2.05) is 12.1 Å². The number of fused-ring (bicyclic) bond motifs is 1. The quantitative estimate of drug-likeness (QED) is 0.673. The number of aryl methyl sites for hydroxylation is 1. The van der Waals surface area contributed by atoms with E-state index in [4.69, 9.17) is 9.47 Å². The van der Waals surface area contributed by atoms with E-state index in [1.165, 1.54) is 22.0 Å². The molecule has 0 spiro atoms. The third-order valence-electron chi connectivity index (χ3n) is 4.20. The molecule has 0 amide bonds. The standard InChI is InChI=1S/C19H19NO2/c1-20-10-9-17-14(6-4-7-18(17)20)11-15-5-2-3-8-19(15)22-13-16-12-21-16/h2-10,16H,11-13H2,1H3. The highest BCUT2D eigenvalue weighted by Gasteiger charge is 2.23. The summed E-state index contributed by atoms with van der Waals surface area (Å²) < 4.78 is 13.3. The van der Waals surface area contributed by atoms with Gasteiger partial charge in [0.1, 0.15) is 18.5 Å². The zero-order valence-corrected chi connectivity index (χ0v) is 12.7. The van der Waals surface area contributed by atoms with E-state index >= 15 is 0 Å². The predicted octanol–water partition coefficient (Wildman–Crippen LogP) is 3.55. The van der Waals surface area contributed by atoms with Crippen LogP contribution in [-0.2, 0) is 18.2 Å². The molecule has 0 aliphatic carbocycles. The molecule has 0 N–H and O–H groups in total. The largest absolute Gasteiger partial charge is 0.490 e. The van der Waals surface area contributed by atoms with Crippen LogP contribution < -0.4 is 4.74 Å². The number of epoxide rings is 1. The predicted molar refractivity (Wildman–Crippen MR) is 87.4 cm³/mol. The molecule has 1 aliphatic heterocycles. The second-order valence-corrected chi connectivity index (χ2v) is 5.83. The van der Waals surface area contributed by atoms with E-state index in [0.717, 1.165) is 18.8 Å². The van der Waals surface area contributed by atoms with Gasteiger partial charge in [-0.05, 0) is 29.3 Å². The second kappa shape index (κ2) is 5.50. The van der Waals surface area contributed by atoms with Gasteiger partial charge in [-0.25, -0.2) is 0 Å². The van der Waals surface area contributed by atoms with Crippen LogP contribution in [0.2, 0.25) is 0 Å². The highest BCUT2D eigenvalue weighted by atomic mass is 16.6. The maximum absolute atomic E-state index is 5.92. The lowest BCUT2D eigenvalue weighted by Gasteiger charge is -2.11. The van der Waals surface area contributed by atoms with Crippen LogP contribution in [0.15, 0.2) is 54.7 Å². The molecule has 0 saturated carbocycles. The van der Waals surface area contributed by atoms with E-state index in [1.54, 1.807) is 0 Å². The van der Waals surface area contributed by atoms with E-state index in [9.17, 15) is 0 Å². The van der Waals surface area contributed by atoms with Gasteiger partial charge in [-0.3, -0.25) is 0 Å². The summed E-state index contributed by atoms with van der Waals surface area (Å²) in [5.74, 6) is 0.964. The van der Waals surface area contributed by atoms with Gasteiger partial charge in [0.05, 0.1) is 6.61 Å². The molecular weight excluding hydrogens is 274 g/mol. The fraction of sp³-hybridized carbons (Fsp3) is 0.263. The molecule has 2 aromatic carbocycles. The van der Waals surface area contributed by atoms with Crippen molar-refractivity contribution in [1.82, 2.24) is 4.57 Å². The monoisotopic (exact) mass is 293 g/mol. The molecule has 3 heteroatoms. The van der Waals surface area contributed by atoms with Gasteiger partial charge < -0.3 is 14.0 Å². The molecule has 3 aromatic rings. The van der Waals surface area contributed by atoms with Crippen molar-refractivity contribution < 1.29 is 9.47 Å². The Balaban J connectivity index is 1.64. The van der Waals surface area contributed by atoms with Crippen LogP contribution in [-0.4, -0.2) is 23.9 Å². The Bertz CT molecular complexity index is 802. The van der Waals surface area contributed by atoms with Crippen LogP contribution in [0.5, 0.6) is 5.75 Å². The number of benzene rings is 2. The highest BCUT2D eigenvalue weighted by Crippen LogP contribution is 2.27. The number of nitrogens with zero attached hydrogens (tertiary/aromatic N) is 1. The molecule has 22 heavy (non-hydrogen) atoms. The maximum atomic E-state index is 5.92. The van der Waals surface area contributed by atoms with Crippen LogP contribution in [0.1, 0.15) is 11.1 Å². The van der Waals surface area contributed by atoms with Gasteiger partial charge in [0.25, 0.3) is 0 Å². The van der Waals surface area contributed by atoms with E-state index < -0.39 is 0 Å². The molecule has 2 heterocycles. The number of aromatic nitrogens is 1. The van der Waals surface area contributed by atoms with Crippen molar-refractivity contribution in [2.75, 3.05) is 13.2 Å². The van der Waals surface area contributed by atoms with Crippen molar-refractivity contribution in [3.63, 3.8) is 0 Å². The number of rotatable bonds is 5. The minimum absolute atomic E-state index is 0.283. The number of ether oxygens (including phenoxy) is 2. The highest BCUT2D eigenvalue weighted by molar-refractivity contribution is 5.84. The molecule has 1 fully saturated rings. The summed E-state index contributed by atoms with van der Waals surface area (Å²) in [5, 5.41) is 1.31. The Hall–Kier alpha value is -2.26. The van der Waals surface area contributed by atoms with Gasteiger partial charge in [-0.2, -0.15) is 0 Å². The topological polar surface area (TPSA) is 26.7 Å². The zero-order valence-electron chi connectivity index (χ0n) is 12.7. The van der Waals surface area contributed by atoms with Crippen molar-refractivity contribution in [2.24, 2.45) is 7.05 Å². The molecule has 0 radical (unpaired) electrons. The molecule has 0 bridgehead atoms. The van der Waals surface area contributed by atoms with Crippen molar-refractivity contribution in [1.29, 1.82) is 0 Å². The molecule has 1 aromatic heterocycles. The minimum Gasteiger partial charge on any atom is -0.490 e. The molecule has 1 saturated heterocycles. The molecule has 4 rings (SSSR count). The maximum Gasteiger partial charge on any atom is 0.122 e. The number of hydrogen-bond donors (Lipinski definition) is 0. The van der Waals surface area contributed by atoms with Gasteiger partial charge in [-0.15, -0.1) is 0 Å². The normalized spacial score (nSPS) is 16.9. The summed E-state index contributed by atoms with van der Waals surface area (Å²) in [6.07, 6.45) is 3.27. The first-order valence-electron chi connectivity index (χ1n) is 7.66. The Morgan fingerprint density at radius 1 is 1.09 bits per heavy atom. The lowest BCUT2D eigenvalue weighted by molar-refractivity contribution is 0.261. The van der Waals surface area contributed by atoms with Gasteiger partial charge >= 0.3 is 0 Å². The Labute approximate surface area is 130 Å². The average Bonchev–Trinajstić information content (AvgIpc) is 3.30. The van der Waals surface area contributed by atoms with Gasteiger partial charge in [0.2, 0.25) is 0 Å². The van der Waals surface area contributed by atoms with Crippen molar-refractivity contribution in [3.05, 3.63) is 65.9 Å². The summed E-state index contributed by atoms with van der Waals surface area (Å²) >= 11 is 0. The SMILES string of the molecule is Cn1ccc2c(Cc3ccccc3OCC3CO3)cccc21. The smallest absolute Gasteiger partial charge is 0.122 e. The first-order chi connectivity index (χ1) is 10.8. The van der Waals surface area contributed by atoms with Crippen LogP contribution in [0.4, 0.5) is 0 Å². The molecular formula is C19H19NO2. The van der Waals surface area contributed by atoms with Crippen molar-refractivity contribution in [3.8, 4) is 5.75 Å². The number of para-hydroxylation sites is 1. The first kappa shape index (κ1) is 13.4. The third-order valence-corrected chi connectivity index (χ3v) is 4.20. The van der Waals surface area contributed by atoms with Gasteiger partial charge in [0, 0.05) is 30.6 Å². The van der Waals surface area contributed by atoms with Crippen molar-refractivity contribution >= 4 is 10.9 Å². The van der Waals surface area contributed by atoms with Gasteiger partial charge in [-0.1, -0.05) is 30.3 Å². The fourth-order valence-corrected chi connectivity index (χ4v) is 2.86. The Kier molecular flexibility index (Phi) is 3.35. The van der Waals surface area contributed by atoms with Crippen LogP contribution in [0, 0.1) is 0 Å². The average molecular weight is 293 g/mol. The van der Waals surface area contributed by atoms with Crippen molar-refractivity contribution in [2.45, 2.75) is 12.5 Å². The molecule has 112 valence electrons. The van der Waals surface area contributed by atoms with E-state index in [0.29, 0.717) is 6.61 Å². The minimum atomic E-state index is 0.283. The summed E-state index contributed by atoms with van der Waals surface area (Å²) in [5.41, 5.74) is 3.82. The summed E-state index contributed by atoms with van der Waals surface area (Å²) in [7, 11) is 2.08. The fourth-order valence-electron chi connectivity index (χ4n) is 2.86. The second-order valence-electron chi connectivity index (χ2n) is 5.83. The summed E-state index contributed by atoms with van der Waals surface area (Å²) in [6.45, 7) is 1.47.